The van der Waals surface area contributed by atoms with E-state index in [9.17, 15) is 0 Å². The molecule has 4 aromatic rings. The molecule has 90 valence electrons. The molecule has 0 aliphatic carbocycles. The SMILES string of the molecule is c1ccc(-c2coc3ncc4ccccc4c23)cc1. The molecular weight excluding hydrogens is 234 g/mol. The molecule has 0 aliphatic heterocycles. The number of furan rings is 1. The highest BCUT2D eigenvalue weighted by Crippen LogP contribution is 2.34. The minimum absolute atomic E-state index is 0.692. The number of aromatic nitrogens is 1. The lowest BCUT2D eigenvalue weighted by Gasteiger charge is -2.01. The lowest BCUT2D eigenvalue weighted by Crippen LogP contribution is -1.80. The summed E-state index contributed by atoms with van der Waals surface area (Å²) < 4.78 is 5.60. The monoisotopic (exact) mass is 245 g/mol. The van der Waals surface area contributed by atoms with Crippen molar-refractivity contribution in [2.75, 3.05) is 0 Å². The van der Waals surface area contributed by atoms with Crippen molar-refractivity contribution in [2.45, 2.75) is 0 Å². The Bertz CT molecular complexity index is 862. The fourth-order valence-electron chi connectivity index (χ4n) is 2.50. The van der Waals surface area contributed by atoms with Crippen molar-refractivity contribution in [3.8, 4) is 11.1 Å². The van der Waals surface area contributed by atoms with Gasteiger partial charge in [-0.15, -0.1) is 0 Å². The van der Waals surface area contributed by atoms with Gasteiger partial charge in [-0.1, -0.05) is 54.6 Å². The van der Waals surface area contributed by atoms with Crippen LogP contribution in [0.1, 0.15) is 0 Å². The van der Waals surface area contributed by atoms with E-state index in [0.29, 0.717) is 5.71 Å². The normalized spacial score (nSPS) is 11.2. The van der Waals surface area contributed by atoms with Gasteiger partial charge in [0.1, 0.15) is 6.26 Å². The fourth-order valence-corrected chi connectivity index (χ4v) is 2.50. The van der Waals surface area contributed by atoms with Crippen LogP contribution in [0, 0.1) is 0 Å². The number of fused-ring (bicyclic) bond motifs is 3. The van der Waals surface area contributed by atoms with Crippen molar-refractivity contribution in [3.05, 3.63) is 67.1 Å². The highest BCUT2D eigenvalue weighted by atomic mass is 16.3. The van der Waals surface area contributed by atoms with Gasteiger partial charge < -0.3 is 4.42 Å². The molecule has 0 radical (unpaired) electrons. The summed E-state index contributed by atoms with van der Waals surface area (Å²) in [5, 5.41) is 3.40. The van der Waals surface area contributed by atoms with Crippen molar-refractivity contribution in [2.24, 2.45) is 0 Å². The maximum atomic E-state index is 5.60. The molecule has 2 aromatic heterocycles. The zero-order chi connectivity index (χ0) is 12.7. The molecule has 0 atom stereocenters. The maximum Gasteiger partial charge on any atom is 0.227 e. The molecule has 2 heterocycles. The first kappa shape index (κ1) is 10.3. The van der Waals surface area contributed by atoms with Crippen LogP contribution >= 0.6 is 0 Å². The van der Waals surface area contributed by atoms with Crippen molar-refractivity contribution in [1.82, 2.24) is 4.98 Å². The molecule has 19 heavy (non-hydrogen) atoms. The third-order valence-electron chi connectivity index (χ3n) is 3.41. The van der Waals surface area contributed by atoms with Crippen molar-refractivity contribution in [1.29, 1.82) is 0 Å². The maximum absolute atomic E-state index is 5.60. The third-order valence-corrected chi connectivity index (χ3v) is 3.41. The molecule has 0 unspecified atom stereocenters. The lowest BCUT2D eigenvalue weighted by molar-refractivity contribution is 0.604. The van der Waals surface area contributed by atoms with E-state index in [-0.39, 0.29) is 0 Å². The van der Waals surface area contributed by atoms with Crippen LogP contribution in [0.4, 0.5) is 0 Å². The summed E-state index contributed by atoms with van der Waals surface area (Å²) in [6.45, 7) is 0. The zero-order valence-electron chi connectivity index (χ0n) is 10.2. The van der Waals surface area contributed by atoms with Gasteiger partial charge in [0.15, 0.2) is 0 Å². The van der Waals surface area contributed by atoms with Gasteiger partial charge >= 0.3 is 0 Å². The minimum Gasteiger partial charge on any atom is -0.445 e. The van der Waals surface area contributed by atoms with Crippen molar-refractivity contribution < 1.29 is 4.42 Å². The molecule has 0 amide bonds. The molecule has 0 aliphatic rings. The van der Waals surface area contributed by atoms with E-state index in [1.54, 1.807) is 6.26 Å². The molecule has 0 spiro atoms. The van der Waals surface area contributed by atoms with E-state index < -0.39 is 0 Å². The average Bonchev–Trinajstić information content (AvgIpc) is 2.92. The average molecular weight is 245 g/mol. The minimum atomic E-state index is 0.692. The van der Waals surface area contributed by atoms with E-state index in [0.717, 1.165) is 21.9 Å². The predicted octanol–water partition coefficient (Wildman–Crippen LogP) is 4.65. The summed E-state index contributed by atoms with van der Waals surface area (Å²) in [5.74, 6) is 0. The second-order valence-electron chi connectivity index (χ2n) is 4.54. The molecule has 2 heteroatoms. The number of hydrogen-bond acceptors (Lipinski definition) is 2. The summed E-state index contributed by atoms with van der Waals surface area (Å²) in [7, 11) is 0. The summed E-state index contributed by atoms with van der Waals surface area (Å²) in [6.07, 6.45) is 3.65. The summed E-state index contributed by atoms with van der Waals surface area (Å²) in [4.78, 5) is 4.39. The Kier molecular flexibility index (Phi) is 2.15. The van der Waals surface area contributed by atoms with Crippen LogP contribution in [0.25, 0.3) is 33.0 Å². The third kappa shape index (κ3) is 1.54. The second kappa shape index (κ2) is 3.95. The van der Waals surface area contributed by atoms with Crippen molar-refractivity contribution >= 4 is 21.9 Å². The number of pyridine rings is 1. The molecule has 0 bridgehead atoms. The smallest absolute Gasteiger partial charge is 0.227 e. The zero-order valence-corrected chi connectivity index (χ0v) is 10.2. The standard InChI is InChI=1S/C17H11NO/c1-2-6-12(7-3-1)15-11-19-17-16(15)14-9-5-4-8-13(14)10-18-17/h1-11H. The van der Waals surface area contributed by atoms with Crippen LogP contribution in [0.2, 0.25) is 0 Å². The fraction of sp³-hybridized carbons (Fsp3) is 0. The van der Waals surface area contributed by atoms with Gasteiger partial charge in [0, 0.05) is 17.1 Å². The van der Waals surface area contributed by atoms with Gasteiger partial charge in [0.2, 0.25) is 5.71 Å². The van der Waals surface area contributed by atoms with Crippen LogP contribution in [-0.2, 0) is 0 Å². The lowest BCUT2D eigenvalue weighted by atomic mass is 10.0. The summed E-state index contributed by atoms with van der Waals surface area (Å²) in [6, 6.07) is 18.5. The van der Waals surface area contributed by atoms with Crippen LogP contribution in [0.3, 0.4) is 0 Å². The largest absolute Gasteiger partial charge is 0.445 e. The highest BCUT2D eigenvalue weighted by Gasteiger charge is 2.11. The van der Waals surface area contributed by atoms with E-state index in [4.69, 9.17) is 4.42 Å². The molecule has 2 nitrogen and oxygen atoms in total. The van der Waals surface area contributed by atoms with Crippen LogP contribution in [0.15, 0.2) is 71.5 Å². The molecular formula is C17H11NO. The van der Waals surface area contributed by atoms with Gasteiger partial charge in [0.05, 0.1) is 5.39 Å². The van der Waals surface area contributed by atoms with Crippen LogP contribution < -0.4 is 0 Å². The number of nitrogens with zero attached hydrogens (tertiary/aromatic N) is 1. The molecule has 0 saturated carbocycles. The summed E-state index contributed by atoms with van der Waals surface area (Å²) in [5.41, 5.74) is 2.94. The number of hydrogen-bond donors (Lipinski definition) is 0. The number of benzene rings is 2. The number of rotatable bonds is 1. The van der Waals surface area contributed by atoms with Crippen molar-refractivity contribution in [3.63, 3.8) is 0 Å². The molecule has 4 rings (SSSR count). The Morgan fingerprint density at radius 3 is 2.53 bits per heavy atom. The quantitative estimate of drug-likeness (QED) is 0.488. The Labute approximate surface area is 110 Å². The van der Waals surface area contributed by atoms with Gasteiger partial charge in [-0.25, -0.2) is 4.98 Å². The molecule has 2 aromatic carbocycles. The van der Waals surface area contributed by atoms with Gasteiger partial charge in [0.25, 0.3) is 0 Å². The first-order valence-electron chi connectivity index (χ1n) is 6.24. The highest BCUT2D eigenvalue weighted by molar-refractivity contribution is 6.11. The van der Waals surface area contributed by atoms with Gasteiger partial charge in [-0.2, -0.15) is 0 Å². The molecule has 0 saturated heterocycles. The Morgan fingerprint density at radius 2 is 1.63 bits per heavy atom. The van der Waals surface area contributed by atoms with Crippen LogP contribution in [0.5, 0.6) is 0 Å². The predicted molar refractivity (Wildman–Crippen MR) is 77.0 cm³/mol. The first-order valence-corrected chi connectivity index (χ1v) is 6.24. The van der Waals surface area contributed by atoms with E-state index in [1.807, 2.05) is 36.5 Å². The molecule has 0 N–H and O–H groups in total. The molecule has 0 fully saturated rings. The van der Waals surface area contributed by atoms with E-state index >= 15 is 0 Å². The van der Waals surface area contributed by atoms with Crippen LogP contribution in [-0.4, -0.2) is 4.98 Å². The Morgan fingerprint density at radius 1 is 0.842 bits per heavy atom. The van der Waals surface area contributed by atoms with E-state index in [1.165, 1.54) is 5.39 Å². The van der Waals surface area contributed by atoms with E-state index in [2.05, 4.69) is 29.2 Å². The Hall–Kier alpha value is -2.61. The topological polar surface area (TPSA) is 26.0 Å². The first-order chi connectivity index (χ1) is 9.43. The van der Waals surface area contributed by atoms with Gasteiger partial charge in [-0.05, 0) is 10.9 Å². The van der Waals surface area contributed by atoms with Gasteiger partial charge in [-0.3, -0.25) is 0 Å². The second-order valence-corrected chi connectivity index (χ2v) is 4.54. The summed E-state index contributed by atoms with van der Waals surface area (Å²) >= 11 is 0. The Balaban J connectivity index is 2.15.